The summed E-state index contributed by atoms with van der Waals surface area (Å²) in [7, 11) is 1.61. The number of H-pyrrole nitrogens is 1. The quantitative estimate of drug-likeness (QED) is 0.733. The number of para-hydroxylation sites is 1. The molecule has 0 aliphatic heterocycles. The molecule has 0 aliphatic carbocycles. The molecule has 0 atom stereocenters. The largest absolute Gasteiger partial charge is 0.496 e. The maximum absolute atomic E-state index is 12.6. The first-order chi connectivity index (χ1) is 9.70. The third kappa shape index (κ3) is 1.97. The third-order valence-electron chi connectivity index (χ3n) is 3.50. The van der Waals surface area contributed by atoms with Crippen molar-refractivity contribution in [3.63, 3.8) is 0 Å². The Hall–Kier alpha value is -2.55. The van der Waals surface area contributed by atoms with E-state index in [4.69, 9.17) is 4.74 Å². The van der Waals surface area contributed by atoms with Crippen LogP contribution in [0.2, 0.25) is 0 Å². The standard InChI is InChI=1S/C17H15NO2/c1-11-7-8-12(9-16(11)20-2)17(19)14-10-18-15-6-4-3-5-13(14)15/h3-10,18H,1-2H3. The van der Waals surface area contributed by atoms with Crippen LogP contribution in [0.1, 0.15) is 21.5 Å². The molecule has 0 amide bonds. The molecule has 0 aliphatic rings. The van der Waals surface area contributed by atoms with Gasteiger partial charge in [0.05, 0.1) is 7.11 Å². The van der Waals surface area contributed by atoms with Gasteiger partial charge >= 0.3 is 0 Å². The van der Waals surface area contributed by atoms with E-state index in [1.165, 1.54) is 0 Å². The molecule has 0 saturated heterocycles. The highest BCUT2D eigenvalue weighted by atomic mass is 16.5. The minimum atomic E-state index is 0.000694. The second-order valence-electron chi connectivity index (χ2n) is 4.76. The van der Waals surface area contributed by atoms with Crippen molar-refractivity contribution in [2.24, 2.45) is 0 Å². The summed E-state index contributed by atoms with van der Waals surface area (Å²) in [6, 6.07) is 13.3. The van der Waals surface area contributed by atoms with Gasteiger partial charge in [-0.25, -0.2) is 0 Å². The highest BCUT2D eigenvalue weighted by Crippen LogP contribution is 2.24. The Morgan fingerprint density at radius 3 is 2.75 bits per heavy atom. The van der Waals surface area contributed by atoms with Crippen molar-refractivity contribution in [2.75, 3.05) is 7.11 Å². The molecule has 1 heterocycles. The van der Waals surface area contributed by atoms with Gasteiger partial charge in [-0.2, -0.15) is 0 Å². The van der Waals surface area contributed by atoms with E-state index < -0.39 is 0 Å². The SMILES string of the molecule is COc1cc(C(=O)c2c[nH]c3ccccc23)ccc1C. The maximum atomic E-state index is 12.6. The number of ketones is 1. The minimum absolute atomic E-state index is 0.000694. The highest BCUT2D eigenvalue weighted by molar-refractivity contribution is 6.16. The van der Waals surface area contributed by atoms with Crippen LogP contribution in [0.3, 0.4) is 0 Å². The van der Waals surface area contributed by atoms with Crippen LogP contribution in [-0.4, -0.2) is 17.9 Å². The van der Waals surface area contributed by atoms with Crippen molar-refractivity contribution < 1.29 is 9.53 Å². The number of hydrogen-bond acceptors (Lipinski definition) is 2. The predicted octanol–water partition coefficient (Wildman–Crippen LogP) is 3.72. The van der Waals surface area contributed by atoms with Gasteiger partial charge in [-0.3, -0.25) is 4.79 Å². The summed E-state index contributed by atoms with van der Waals surface area (Å²) >= 11 is 0. The van der Waals surface area contributed by atoms with E-state index in [1.807, 2.05) is 43.3 Å². The molecule has 0 spiro atoms. The zero-order chi connectivity index (χ0) is 14.1. The van der Waals surface area contributed by atoms with Gasteiger partial charge in [-0.1, -0.05) is 30.3 Å². The number of ether oxygens (including phenoxy) is 1. The van der Waals surface area contributed by atoms with E-state index in [-0.39, 0.29) is 5.78 Å². The van der Waals surface area contributed by atoms with Crippen molar-refractivity contribution in [3.8, 4) is 5.75 Å². The number of aromatic amines is 1. The normalized spacial score (nSPS) is 10.7. The second kappa shape index (κ2) is 4.85. The molecule has 0 saturated carbocycles. The maximum Gasteiger partial charge on any atom is 0.195 e. The van der Waals surface area contributed by atoms with Crippen LogP contribution in [0.25, 0.3) is 10.9 Å². The van der Waals surface area contributed by atoms with Crippen LogP contribution in [0.5, 0.6) is 5.75 Å². The molecule has 3 aromatic rings. The van der Waals surface area contributed by atoms with Gasteiger partial charge in [0.15, 0.2) is 5.78 Å². The number of hydrogen-bond donors (Lipinski definition) is 1. The molecule has 0 fully saturated rings. The van der Waals surface area contributed by atoms with Crippen molar-refractivity contribution >= 4 is 16.7 Å². The lowest BCUT2D eigenvalue weighted by Gasteiger charge is -2.06. The molecule has 0 unspecified atom stereocenters. The molecule has 3 nitrogen and oxygen atoms in total. The third-order valence-corrected chi connectivity index (χ3v) is 3.50. The zero-order valence-corrected chi connectivity index (χ0v) is 11.4. The summed E-state index contributed by atoms with van der Waals surface area (Å²) in [5, 5.41) is 0.942. The van der Waals surface area contributed by atoms with Crippen LogP contribution in [0.4, 0.5) is 0 Å². The summed E-state index contributed by atoms with van der Waals surface area (Å²) in [4.78, 5) is 15.8. The summed E-state index contributed by atoms with van der Waals surface area (Å²) in [5.74, 6) is 0.733. The van der Waals surface area contributed by atoms with E-state index in [0.29, 0.717) is 11.1 Å². The molecule has 20 heavy (non-hydrogen) atoms. The van der Waals surface area contributed by atoms with E-state index in [2.05, 4.69) is 4.98 Å². The number of fused-ring (bicyclic) bond motifs is 1. The lowest BCUT2D eigenvalue weighted by Crippen LogP contribution is -2.01. The fourth-order valence-corrected chi connectivity index (χ4v) is 2.38. The molecule has 1 aromatic heterocycles. The monoisotopic (exact) mass is 265 g/mol. The van der Waals surface area contributed by atoms with E-state index in [0.717, 1.165) is 22.2 Å². The smallest absolute Gasteiger partial charge is 0.195 e. The van der Waals surface area contributed by atoms with Crippen LogP contribution >= 0.6 is 0 Å². The van der Waals surface area contributed by atoms with Gasteiger partial charge < -0.3 is 9.72 Å². The molecule has 2 aromatic carbocycles. The average molecular weight is 265 g/mol. The Kier molecular flexibility index (Phi) is 3.03. The number of nitrogens with one attached hydrogen (secondary N) is 1. The Labute approximate surface area is 117 Å². The minimum Gasteiger partial charge on any atom is -0.496 e. The topological polar surface area (TPSA) is 42.1 Å². The number of aromatic nitrogens is 1. The molecule has 1 N–H and O–H groups in total. The van der Waals surface area contributed by atoms with Gasteiger partial charge in [0, 0.05) is 28.2 Å². The molecule has 3 rings (SSSR count). The fourth-order valence-electron chi connectivity index (χ4n) is 2.38. The first-order valence-electron chi connectivity index (χ1n) is 6.46. The lowest BCUT2D eigenvalue weighted by molar-refractivity contribution is 0.104. The predicted molar refractivity (Wildman–Crippen MR) is 79.5 cm³/mol. The van der Waals surface area contributed by atoms with Crippen LogP contribution < -0.4 is 4.74 Å². The Bertz CT molecular complexity index is 787. The number of carbonyl (C=O) groups is 1. The second-order valence-corrected chi connectivity index (χ2v) is 4.76. The Balaban J connectivity index is 2.08. The van der Waals surface area contributed by atoms with Crippen LogP contribution in [0, 0.1) is 6.92 Å². The summed E-state index contributed by atoms with van der Waals surface area (Å²) in [5.41, 5.74) is 3.31. The van der Waals surface area contributed by atoms with Gasteiger partial charge in [0.25, 0.3) is 0 Å². The molecular weight excluding hydrogens is 250 g/mol. The zero-order valence-electron chi connectivity index (χ0n) is 11.4. The number of carbonyl (C=O) groups excluding carboxylic acids is 1. The number of rotatable bonds is 3. The molecule has 3 heteroatoms. The van der Waals surface area contributed by atoms with Crippen LogP contribution in [0.15, 0.2) is 48.7 Å². The summed E-state index contributed by atoms with van der Waals surface area (Å²) < 4.78 is 5.28. The number of methoxy groups -OCH3 is 1. The number of benzene rings is 2. The molecule has 0 radical (unpaired) electrons. The van der Waals surface area contributed by atoms with Gasteiger partial charge in [0.1, 0.15) is 5.75 Å². The highest BCUT2D eigenvalue weighted by Gasteiger charge is 2.15. The van der Waals surface area contributed by atoms with Crippen molar-refractivity contribution in [3.05, 3.63) is 65.4 Å². The van der Waals surface area contributed by atoms with Gasteiger partial charge in [0.2, 0.25) is 0 Å². The molecule has 0 bridgehead atoms. The fraction of sp³-hybridized carbons (Fsp3) is 0.118. The average Bonchev–Trinajstić information content (AvgIpc) is 2.91. The van der Waals surface area contributed by atoms with Crippen molar-refractivity contribution in [1.82, 2.24) is 4.98 Å². The Morgan fingerprint density at radius 1 is 1.15 bits per heavy atom. The Morgan fingerprint density at radius 2 is 1.95 bits per heavy atom. The lowest BCUT2D eigenvalue weighted by atomic mass is 10.0. The van der Waals surface area contributed by atoms with E-state index in [9.17, 15) is 4.79 Å². The van der Waals surface area contributed by atoms with E-state index >= 15 is 0 Å². The summed E-state index contributed by atoms with van der Waals surface area (Å²) in [6.45, 7) is 1.96. The first-order valence-corrected chi connectivity index (χ1v) is 6.46. The molecular formula is C17H15NO2. The van der Waals surface area contributed by atoms with Gasteiger partial charge in [-0.05, 0) is 24.6 Å². The van der Waals surface area contributed by atoms with Crippen molar-refractivity contribution in [1.29, 1.82) is 0 Å². The first kappa shape index (κ1) is 12.5. The van der Waals surface area contributed by atoms with Crippen molar-refractivity contribution in [2.45, 2.75) is 6.92 Å². The number of aryl methyl sites for hydroxylation is 1. The summed E-state index contributed by atoms with van der Waals surface area (Å²) in [6.07, 6.45) is 1.76. The molecule has 100 valence electrons. The van der Waals surface area contributed by atoms with E-state index in [1.54, 1.807) is 19.4 Å². The van der Waals surface area contributed by atoms with Crippen LogP contribution in [-0.2, 0) is 0 Å². The van der Waals surface area contributed by atoms with Gasteiger partial charge in [-0.15, -0.1) is 0 Å².